The van der Waals surface area contributed by atoms with Gasteiger partial charge in [-0.15, -0.1) is 0 Å². The highest BCUT2D eigenvalue weighted by Crippen LogP contribution is 2.29. The zero-order valence-corrected chi connectivity index (χ0v) is 19.8. The molecule has 3 aromatic rings. The maximum Gasteiger partial charge on any atom is 0.229 e. The van der Waals surface area contributed by atoms with Crippen LogP contribution >= 0.6 is 0 Å². The minimum atomic E-state index is -0.418. The number of benzene rings is 2. The van der Waals surface area contributed by atoms with Crippen LogP contribution in [0.2, 0.25) is 0 Å². The van der Waals surface area contributed by atoms with Crippen molar-refractivity contribution in [3.05, 3.63) is 71.8 Å². The van der Waals surface area contributed by atoms with Crippen LogP contribution in [0.15, 0.2) is 54.6 Å². The van der Waals surface area contributed by atoms with E-state index in [1.165, 1.54) is 0 Å². The number of anilines is 3. The second kappa shape index (κ2) is 9.91. The van der Waals surface area contributed by atoms with Crippen molar-refractivity contribution in [1.29, 1.82) is 0 Å². The number of amides is 2. The Balaban J connectivity index is 1.36. The van der Waals surface area contributed by atoms with Crippen molar-refractivity contribution < 1.29 is 14.3 Å². The maximum atomic E-state index is 12.8. The zero-order valence-electron chi connectivity index (χ0n) is 19.8. The van der Waals surface area contributed by atoms with Gasteiger partial charge in [0.1, 0.15) is 5.75 Å². The van der Waals surface area contributed by atoms with Gasteiger partial charge < -0.3 is 20.3 Å². The summed E-state index contributed by atoms with van der Waals surface area (Å²) in [6.45, 7) is 6.26. The number of rotatable bonds is 7. The van der Waals surface area contributed by atoms with Gasteiger partial charge >= 0.3 is 0 Å². The number of carbonyl (C=O) groups is 2. The summed E-state index contributed by atoms with van der Waals surface area (Å²) in [6.07, 6.45) is 0.177. The van der Waals surface area contributed by atoms with Gasteiger partial charge in [-0.25, -0.2) is 9.97 Å². The molecule has 2 amide bonds. The Morgan fingerprint density at radius 1 is 1.06 bits per heavy atom. The number of carbonyl (C=O) groups excluding carboxylic acids is 2. The number of ether oxygens (including phenoxy) is 1. The van der Waals surface area contributed by atoms with Gasteiger partial charge in [0.15, 0.2) is 5.82 Å². The first-order valence-corrected chi connectivity index (χ1v) is 11.3. The van der Waals surface area contributed by atoms with Gasteiger partial charge in [-0.2, -0.15) is 0 Å². The predicted octanol–water partition coefficient (Wildman–Crippen LogP) is 4.27. The predicted molar refractivity (Wildman–Crippen MR) is 132 cm³/mol. The van der Waals surface area contributed by atoms with Gasteiger partial charge in [-0.3, -0.25) is 9.59 Å². The van der Waals surface area contributed by atoms with E-state index in [9.17, 15) is 9.59 Å². The number of nitrogens with one attached hydrogen (secondary N) is 2. The van der Waals surface area contributed by atoms with Gasteiger partial charge in [0.2, 0.25) is 11.8 Å². The summed E-state index contributed by atoms with van der Waals surface area (Å²) in [4.78, 5) is 36.0. The van der Waals surface area contributed by atoms with Crippen molar-refractivity contribution in [2.24, 2.45) is 5.92 Å². The molecule has 176 valence electrons. The lowest BCUT2D eigenvalue weighted by Crippen LogP contribution is -2.28. The highest BCUT2D eigenvalue weighted by Gasteiger charge is 2.35. The summed E-state index contributed by atoms with van der Waals surface area (Å²) in [5.41, 5.74) is 4.18. The summed E-state index contributed by atoms with van der Waals surface area (Å²) in [5, 5.41) is 6.32. The van der Waals surface area contributed by atoms with E-state index < -0.39 is 5.92 Å². The first-order chi connectivity index (χ1) is 16.3. The van der Waals surface area contributed by atoms with Crippen LogP contribution in [0.4, 0.5) is 17.1 Å². The third kappa shape index (κ3) is 5.33. The van der Waals surface area contributed by atoms with Crippen LogP contribution in [0, 0.1) is 19.8 Å². The minimum absolute atomic E-state index is 0.0638. The fourth-order valence-electron chi connectivity index (χ4n) is 4.07. The van der Waals surface area contributed by atoms with Gasteiger partial charge in [-0.1, -0.05) is 6.07 Å². The lowest BCUT2D eigenvalue weighted by atomic mass is 10.1. The molecule has 1 aromatic heterocycles. The molecule has 1 fully saturated rings. The molecule has 8 heteroatoms. The minimum Gasteiger partial charge on any atom is -0.497 e. The van der Waals surface area contributed by atoms with E-state index in [-0.39, 0.29) is 24.3 Å². The smallest absolute Gasteiger partial charge is 0.229 e. The molecule has 4 rings (SSSR count). The van der Waals surface area contributed by atoms with E-state index in [1.54, 1.807) is 18.1 Å². The molecule has 1 saturated heterocycles. The molecule has 2 aromatic carbocycles. The van der Waals surface area contributed by atoms with Crippen LogP contribution in [-0.2, 0) is 9.59 Å². The molecule has 0 saturated carbocycles. The molecule has 0 radical (unpaired) electrons. The van der Waals surface area contributed by atoms with Crippen molar-refractivity contribution in [1.82, 2.24) is 9.97 Å². The highest BCUT2D eigenvalue weighted by molar-refractivity contribution is 6.03. The molecular formula is C26H29N5O3. The Labute approximate surface area is 199 Å². The number of aromatic nitrogens is 2. The standard InChI is InChI=1S/C26H29N5O3/c1-16-12-17(2)28-25(27-16)18(3)29-20-8-10-21(11-9-20)30-26(33)19-13-24(32)31(15-19)22-6-5-7-23(14-22)34-4/h5-12,14,18-19,29H,13,15H2,1-4H3,(H,30,33). The number of hydrogen-bond donors (Lipinski definition) is 2. The topological polar surface area (TPSA) is 96.5 Å². The van der Waals surface area contributed by atoms with Crippen LogP contribution in [0.25, 0.3) is 0 Å². The largest absolute Gasteiger partial charge is 0.497 e. The molecular weight excluding hydrogens is 430 g/mol. The van der Waals surface area contributed by atoms with Crippen molar-refractivity contribution in [3.8, 4) is 5.75 Å². The summed E-state index contributed by atoms with van der Waals surface area (Å²) in [7, 11) is 1.58. The molecule has 0 aliphatic carbocycles. The maximum absolute atomic E-state index is 12.8. The normalized spacial score (nSPS) is 16.3. The lowest BCUT2D eigenvalue weighted by Gasteiger charge is -2.18. The monoisotopic (exact) mass is 459 g/mol. The number of methoxy groups -OCH3 is 1. The van der Waals surface area contributed by atoms with Gasteiger partial charge in [-0.05, 0) is 63.2 Å². The molecule has 2 N–H and O–H groups in total. The van der Waals surface area contributed by atoms with Crippen LogP contribution in [-0.4, -0.2) is 35.4 Å². The van der Waals surface area contributed by atoms with Crippen molar-refractivity contribution >= 4 is 28.9 Å². The van der Waals surface area contributed by atoms with E-state index in [0.29, 0.717) is 18.0 Å². The fraction of sp³-hybridized carbons (Fsp3) is 0.308. The average molecular weight is 460 g/mol. The Kier molecular flexibility index (Phi) is 6.77. The van der Waals surface area contributed by atoms with Crippen molar-refractivity contribution in [2.75, 3.05) is 29.2 Å². The van der Waals surface area contributed by atoms with E-state index >= 15 is 0 Å². The van der Waals surface area contributed by atoms with Gasteiger partial charge in [0.25, 0.3) is 0 Å². The lowest BCUT2D eigenvalue weighted by molar-refractivity contribution is -0.122. The Morgan fingerprint density at radius 2 is 1.74 bits per heavy atom. The van der Waals surface area contributed by atoms with E-state index in [2.05, 4.69) is 20.6 Å². The molecule has 8 nitrogen and oxygen atoms in total. The van der Waals surface area contributed by atoms with E-state index in [4.69, 9.17) is 4.74 Å². The Hall–Kier alpha value is -3.94. The van der Waals surface area contributed by atoms with Crippen LogP contribution in [0.5, 0.6) is 5.75 Å². The Morgan fingerprint density at radius 3 is 2.41 bits per heavy atom. The van der Waals surface area contributed by atoms with E-state index in [0.717, 1.165) is 28.6 Å². The zero-order chi connectivity index (χ0) is 24.2. The fourth-order valence-corrected chi connectivity index (χ4v) is 4.07. The molecule has 2 atom stereocenters. The third-order valence-corrected chi connectivity index (χ3v) is 5.78. The molecule has 2 unspecified atom stereocenters. The van der Waals surface area contributed by atoms with Crippen LogP contribution in [0.1, 0.15) is 36.6 Å². The van der Waals surface area contributed by atoms with Crippen LogP contribution in [0.3, 0.4) is 0 Å². The average Bonchev–Trinajstić information content (AvgIpc) is 3.21. The van der Waals surface area contributed by atoms with Crippen LogP contribution < -0.4 is 20.3 Å². The molecule has 1 aliphatic heterocycles. The van der Waals surface area contributed by atoms with Gasteiger partial charge in [0, 0.05) is 47.5 Å². The quantitative estimate of drug-likeness (QED) is 0.548. The van der Waals surface area contributed by atoms with Crippen molar-refractivity contribution in [3.63, 3.8) is 0 Å². The summed E-state index contributed by atoms with van der Waals surface area (Å²) in [6, 6.07) is 16.7. The molecule has 1 aliphatic rings. The second-order valence-electron chi connectivity index (χ2n) is 8.55. The third-order valence-electron chi connectivity index (χ3n) is 5.78. The first-order valence-electron chi connectivity index (χ1n) is 11.3. The van der Waals surface area contributed by atoms with Gasteiger partial charge in [0.05, 0.1) is 19.1 Å². The number of nitrogens with zero attached hydrogens (tertiary/aromatic N) is 3. The first kappa shape index (κ1) is 23.2. The summed E-state index contributed by atoms with van der Waals surface area (Å²) < 4.78 is 5.24. The second-order valence-corrected chi connectivity index (χ2v) is 8.55. The summed E-state index contributed by atoms with van der Waals surface area (Å²) in [5.74, 6) is 0.747. The van der Waals surface area contributed by atoms with E-state index in [1.807, 2.05) is 69.3 Å². The molecule has 2 heterocycles. The highest BCUT2D eigenvalue weighted by atomic mass is 16.5. The number of aryl methyl sites for hydroxylation is 2. The molecule has 34 heavy (non-hydrogen) atoms. The Bertz CT molecular complexity index is 1180. The summed E-state index contributed by atoms with van der Waals surface area (Å²) >= 11 is 0. The molecule has 0 spiro atoms. The van der Waals surface area contributed by atoms with Crippen molar-refractivity contribution in [2.45, 2.75) is 33.2 Å². The molecule has 0 bridgehead atoms. The SMILES string of the molecule is COc1cccc(N2CC(C(=O)Nc3ccc(NC(C)c4nc(C)cc(C)n4)cc3)CC2=O)c1. The number of hydrogen-bond acceptors (Lipinski definition) is 6.